The number of pyridine rings is 1. The summed E-state index contributed by atoms with van der Waals surface area (Å²) in [6, 6.07) is 3.04. The summed E-state index contributed by atoms with van der Waals surface area (Å²) in [7, 11) is 0. The first kappa shape index (κ1) is 13.5. The monoisotopic (exact) mass is 266 g/mol. The van der Waals surface area contributed by atoms with Gasteiger partial charge in [-0.1, -0.05) is 0 Å². The van der Waals surface area contributed by atoms with E-state index in [0.29, 0.717) is 24.8 Å². The lowest BCUT2D eigenvalue weighted by molar-refractivity contribution is -0.384. The third-order valence-electron chi connectivity index (χ3n) is 3.20. The van der Waals surface area contributed by atoms with Gasteiger partial charge in [0.15, 0.2) is 0 Å². The summed E-state index contributed by atoms with van der Waals surface area (Å²) >= 11 is 0. The van der Waals surface area contributed by atoms with Crippen molar-refractivity contribution in [2.24, 2.45) is 5.92 Å². The van der Waals surface area contributed by atoms with Crippen molar-refractivity contribution in [3.05, 3.63) is 22.2 Å². The van der Waals surface area contributed by atoms with Crippen molar-refractivity contribution in [1.82, 2.24) is 4.98 Å². The van der Waals surface area contributed by atoms with Gasteiger partial charge in [-0.15, -0.1) is 0 Å². The predicted octanol–water partition coefficient (Wildman–Crippen LogP) is 1.60. The van der Waals surface area contributed by atoms with Crippen LogP contribution >= 0.6 is 0 Å². The number of nitro groups is 1. The van der Waals surface area contributed by atoms with E-state index in [4.69, 9.17) is 0 Å². The highest BCUT2D eigenvalue weighted by atomic mass is 16.6. The van der Waals surface area contributed by atoms with Gasteiger partial charge in [0.2, 0.25) is 5.82 Å². The van der Waals surface area contributed by atoms with Gasteiger partial charge < -0.3 is 15.7 Å². The number of rotatable bonds is 6. The first-order valence-corrected chi connectivity index (χ1v) is 6.41. The van der Waals surface area contributed by atoms with Crippen LogP contribution in [-0.4, -0.2) is 34.2 Å². The average molecular weight is 266 g/mol. The summed E-state index contributed by atoms with van der Waals surface area (Å²) in [5, 5.41) is 26.2. The molecule has 0 unspecified atom stereocenters. The lowest BCUT2D eigenvalue weighted by Crippen LogP contribution is -2.33. The number of aromatic nitrogens is 1. The molecule has 0 aliphatic heterocycles. The molecular weight excluding hydrogens is 248 g/mol. The second-order valence-corrected chi connectivity index (χ2v) is 4.72. The zero-order valence-corrected chi connectivity index (χ0v) is 10.8. The van der Waals surface area contributed by atoms with Gasteiger partial charge in [0.05, 0.1) is 11.0 Å². The second-order valence-electron chi connectivity index (χ2n) is 4.72. The number of hydrogen-bond acceptors (Lipinski definition) is 6. The Labute approximate surface area is 111 Å². The van der Waals surface area contributed by atoms with Crippen molar-refractivity contribution in [2.45, 2.75) is 25.9 Å². The van der Waals surface area contributed by atoms with Gasteiger partial charge in [-0.25, -0.2) is 4.98 Å². The lowest BCUT2D eigenvalue weighted by atomic mass is 9.82. The van der Waals surface area contributed by atoms with E-state index >= 15 is 0 Å². The largest absolute Gasteiger partial charge is 0.393 e. The van der Waals surface area contributed by atoms with Crippen LogP contribution in [-0.2, 0) is 0 Å². The Balaban J connectivity index is 2.06. The first-order valence-electron chi connectivity index (χ1n) is 6.41. The fourth-order valence-corrected chi connectivity index (χ4v) is 2.12. The molecule has 0 saturated heterocycles. The fraction of sp³-hybridized carbons (Fsp3) is 0.583. The molecule has 0 amide bonds. The van der Waals surface area contributed by atoms with Gasteiger partial charge in [-0.3, -0.25) is 10.1 Å². The Kier molecular flexibility index (Phi) is 4.16. The van der Waals surface area contributed by atoms with E-state index in [0.717, 1.165) is 12.8 Å². The molecule has 7 nitrogen and oxygen atoms in total. The summed E-state index contributed by atoms with van der Waals surface area (Å²) in [5.41, 5.74) is -0.0264. The minimum Gasteiger partial charge on any atom is -0.393 e. The first-order chi connectivity index (χ1) is 9.10. The van der Waals surface area contributed by atoms with Crippen LogP contribution in [0.5, 0.6) is 0 Å². The standard InChI is InChI=1S/C12H18N4O3/c1-2-13-11-4-3-10(16(18)19)12(15-11)14-7-8-5-9(17)6-8/h3-4,8-9,17H,2,5-7H2,1H3,(H2,13,14,15). The van der Waals surface area contributed by atoms with Crippen molar-refractivity contribution < 1.29 is 10.0 Å². The quantitative estimate of drug-likeness (QED) is 0.534. The molecule has 7 heteroatoms. The normalized spacial score (nSPS) is 21.6. The van der Waals surface area contributed by atoms with Crippen molar-refractivity contribution in [3.8, 4) is 0 Å². The minimum absolute atomic E-state index is 0.0264. The molecule has 0 atom stereocenters. The highest BCUT2D eigenvalue weighted by molar-refractivity contribution is 5.60. The van der Waals surface area contributed by atoms with Crippen molar-refractivity contribution >= 4 is 17.3 Å². The Hall–Kier alpha value is -1.89. The van der Waals surface area contributed by atoms with E-state index in [2.05, 4.69) is 15.6 Å². The van der Waals surface area contributed by atoms with E-state index in [1.54, 1.807) is 6.07 Å². The maximum atomic E-state index is 10.9. The molecule has 1 saturated carbocycles. The Morgan fingerprint density at radius 1 is 1.47 bits per heavy atom. The van der Waals surface area contributed by atoms with Crippen LogP contribution in [0, 0.1) is 16.0 Å². The minimum atomic E-state index is -0.444. The van der Waals surface area contributed by atoms with Crippen molar-refractivity contribution in [3.63, 3.8) is 0 Å². The van der Waals surface area contributed by atoms with Crippen molar-refractivity contribution in [2.75, 3.05) is 23.7 Å². The number of aliphatic hydroxyl groups is 1. The summed E-state index contributed by atoms with van der Waals surface area (Å²) < 4.78 is 0. The van der Waals surface area contributed by atoms with E-state index in [9.17, 15) is 15.2 Å². The number of aliphatic hydroxyl groups excluding tert-OH is 1. The van der Waals surface area contributed by atoms with Crippen LogP contribution in [0.4, 0.5) is 17.3 Å². The van der Waals surface area contributed by atoms with E-state index < -0.39 is 4.92 Å². The highest BCUT2D eigenvalue weighted by Crippen LogP contribution is 2.29. The zero-order valence-electron chi connectivity index (χ0n) is 10.8. The van der Waals surface area contributed by atoms with Gasteiger partial charge >= 0.3 is 5.69 Å². The van der Waals surface area contributed by atoms with Crippen LogP contribution in [0.1, 0.15) is 19.8 Å². The lowest BCUT2D eigenvalue weighted by Gasteiger charge is -2.31. The second kappa shape index (κ2) is 5.83. The third kappa shape index (κ3) is 3.31. The number of hydrogen-bond donors (Lipinski definition) is 3. The smallest absolute Gasteiger partial charge is 0.311 e. The molecule has 3 N–H and O–H groups in total. The zero-order chi connectivity index (χ0) is 13.8. The van der Waals surface area contributed by atoms with Crippen LogP contribution in [0.15, 0.2) is 12.1 Å². The molecule has 0 aromatic carbocycles. The maximum Gasteiger partial charge on any atom is 0.311 e. The molecule has 104 valence electrons. The molecule has 0 radical (unpaired) electrons. The number of anilines is 2. The van der Waals surface area contributed by atoms with E-state index in [-0.39, 0.29) is 17.6 Å². The fourth-order valence-electron chi connectivity index (χ4n) is 2.12. The molecule has 1 heterocycles. The van der Waals surface area contributed by atoms with Crippen LogP contribution in [0.3, 0.4) is 0 Å². The van der Waals surface area contributed by atoms with Gasteiger partial charge in [-0.05, 0) is 31.7 Å². The van der Waals surface area contributed by atoms with Gasteiger partial charge in [-0.2, -0.15) is 0 Å². The number of nitrogens with zero attached hydrogens (tertiary/aromatic N) is 2. The molecule has 0 spiro atoms. The molecule has 1 aliphatic rings. The topological polar surface area (TPSA) is 100 Å². The average Bonchev–Trinajstić information content (AvgIpc) is 2.33. The van der Waals surface area contributed by atoms with E-state index in [1.807, 2.05) is 6.92 Å². The predicted molar refractivity (Wildman–Crippen MR) is 72.3 cm³/mol. The maximum absolute atomic E-state index is 10.9. The summed E-state index contributed by atoms with van der Waals surface area (Å²) in [6.45, 7) is 3.24. The van der Waals surface area contributed by atoms with E-state index in [1.165, 1.54) is 6.07 Å². The molecular formula is C12H18N4O3. The number of nitrogens with one attached hydrogen (secondary N) is 2. The van der Waals surface area contributed by atoms with Gasteiger partial charge in [0.25, 0.3) is 0 Å². The molecule has 1 aromatic heterocycles. The van der Waals surface area contributed by atoms with Gasteiger partial charge in [0.1, 0.15) is 5.82 Å². The molecule has 19 heavy (non-hydrogen) atoms. The molecule has 1 aliphatic carbocycles. The molecule has 0 bridgehead atoms. The molecule has 2 rings (SSSR count). The van der Waals surface area contributed by atoms with Crippen LogP contribution < -0.4 is 10.6 Å². The molecule has 1 aromatic rings. The third-order valence-corrected chi connectivity index (χ3v) is 3.20. The van der Waals surface area contributed by atoms with Crippen LogP contribution in [0.25, 0.3) is 0 Å². The SMILES string of the molecule is CCNc1ccc([N+](=O)[O-])c(NCC2CC(O)C2)n1. The van der Waals surface area contributed by atoms with Gasteiger partial charge in [0, 0.05) is 19.2 Å². The molecule has 1 fully saturated rings. The Morgan fingerprint density at radius 2 is 2.21 bits per heavy atom. The highest BCUT2D eigenvalue weighted by Gasteiger charge is 2.27. The Morgan fingerprint density at radius 3 is 2.79 bits per heavy atom. The van der Waals surface area contributed by atoms with Crippen LogP contribution in [0.2, 0.25) is 0 Å². The summed E-state index contributed by atoms with van der Waals surface area (Å²) in [4.78, 5) is 14.7. The van der Waals surface area contributed by atoms with Crippen molar-refractivity contribution in [1.29, 1.82) is 0 Å². The Bertz CT molecular complexity index is 460. The summed E-state index contributed by atoms with van der Waals surface area (Å²) in [5.74, 6) is 1.26. The summed E-state index contributed by atoms with van der Waals surface area (Å²) in [6.07, 6.45) is 1.27.